The lowest BCUT2D eigenvalue weighted by molar-refractivity contribution is 0.0664. The van der Waals surface area contributed by atoms with E-state index in [1.807, 2.05) is 20.8 Å². The average molecular weight is 272 g/mol. The van der Waals surface area contributed by atoms with E-state index in [2.05, 4.69) is 6.58 Å². The molecule has 2 rings (SSSR count). The van der Waals surface area contributed by atoms with E-state index in [1.54, 1.807) is 6.07 Å². The number of furan rings is 1. The summed E-state index contributed by atoms with van der Waals surface area (Å²) in [5.74, 6) is -1.48. The number of carbonyl (C=O) groups excluding carboxylic acids is 1. The number of allylic oxidation sites excluding steroid dienone is 1. The molecule has 1 heterocycles. The molecule has 0 radical (unpaired) electrons. The van der Waals surface area contributed by atoms with E-state index in [0.29, 0.717) is 28.5 Å². The molecule has 104 valence electrons. The van der Waals surface area contributed by atoms with E-state index < -0.39 is 5.97 Å². The third-order valence-electron chi connectivity index (χ3n) is 3.52. The van der Waals surface area contributed by atoms with Gasteiger partial charge in [0, 0.05) is 17.0 Å². The lowest BCUT2D eigenvalue weighted by Crippen LogP contribution is -2.03. The van der Waals surface area contributed by atoms with E-state index in [0.717, 1.165) is 11.1 Å². The Morgan fingerprint density at radius 3 is 2.50 bits per heavy atom. The van der Waals surface area contributed by atoms with Gasteiger partial charge in [-0.3, -0.25) is 4.79 Å². The monoisotopic (exact) mass is 272 g/mol. The number of aryl methyl sites for hydroxylation is 2. The van der Waals surface area contributed by atoms with Gasteiger partial charge in [0.15, 0.2) is 5.78 Å². The first-order chi connectivity index (χ1) is 9.36. The van der Waals surface area contributed by atoms with Crippen molar-refractivity contribution in [2.45, 2.75) is 27.2 Å². The van der Waals surface area contributed by atoms with Crippen LogP contribution < -0.4 is 0 Å². The molecule has 0 bridgehead atoms. The summed E-state index contributed by atoms with van der Waals surface area (Å²) in [5, 5.41) is 9.57. The predicted molar refractivity (Wildman–Crippen MR) is 76.4 cm³/mol. The maximum atomic E-state index is 12.3. The molecule has 4 nitrogen and oxygen atoms in total. The van der Waals surface area contributed by atoms with E-state index in [-0.39, 0.29) is 11.5 Å². The lowest BCUT2D eigenvalue weighted by Gasteiger charge is -2.07. The van der Waals surface area contributed by atoms with E-state index in [9.17, 15) is 9.59 Å². The molecule has 20 heavy (non-hydrogen) atoms. The Morgan fingerprint density at radius 1 is 1.30 bits per heavy atom. The van der Waals surface area contributed by atoms with E-state index in [4.69, 9.17) is 9.52 Å². The van der Waals surface area contributed by atoms with Crippen molar-refractivity contribution in [1.29, 1.82) is 0 Å². The first-order valence-electron chi connectivity index (χ1n) is 6.36. The number of benzene rings is 1. The van der Waals surface area contributed by atoms with Gasteiger partial charge < -0.3 is 9.52 Å². The number of ketones is 1. The highest BCUT2D eigenvalue weighted by Crippen LogP contribution is 2.30. The smallest absolute Gasteiger partial charge is 0.371 e. The highest BCUT2D eigenvalue weighted by atomic mass is 16.4. The van der Waals surface area contributed by atoms with Gasteiger partial charge in [-0.15, -0.1) is 0 Å². The summed E-state index contributed by atoms with van der Waals surface area (Å²) < 4.78 is 5.36. The number of carboxylic acid groups (broad SMARTS) is 1. The first kappa shape index (κ1) is 14.1. The van der Waals surface area contributed by atoms with Crippen molar-refractivity contribution in [3.05, 3.63) is 46.7 Å². The number of carbonyl (C=O) groups is 2. The minimum absolute atomic E-state index is 0.162. The molecule has 0 aliphatic rings. The lowest BCUT2D eigenvalue weighted by atomic mass is 9.95. The van der Waals surface area contributed by atoms with Crippen LogP contribution in [-0.2, 0) is 0 Å². The highest BCUT2D eigenvalue weighted by molar-refractivity contribution is 6.16. The molecule has 0 saturated carbocycles. The van der Waals surface area contributed by atoms with Crippen molar-refractivity contribution >= 4 is 22.7 Å². The molecule has 0 fully saturated rings. The van der Waals surface area contributed by atoms with Crippen LogP contribution in [0.1, 0.15) is 45.4 Å². The van der Waals surface area contributed by atoms with Crippen molar-refractivity contribution in [2.75, 3.05) is 0 Å². The Bertz CT molecular complexity index is 735. The van der Waals surface area contributed by atoms with Gasteiger partial charge in [-0.2, -0.15) is 0 Å². The molecule has 1 aromatic carbocycles. The molecule has 0 amide bonds. The molecule has 0 spiro atoms. The fourth-order valence-electron chi connectivity index (χ4n) is 2.10. The van der Waals surface area contributed by atoms with Gasteiger partial charge in [0.05, 0.1) is 0 Å². The Labute approximate surface area is 116 Å². The predicted octanol–water partition coefficient (Wildman–Crippen LogP) is 3.90. The van der Waals surface area contributed by atoms with Crippen molar-refractivity contribution in [1.82, 2.24) is 0 Å². The zero-order valence-electron chi connectivity index (χ0n) is 11.7. The standard InChI is InChI=1S/C16H16O4/c1-5-8(2)14(17)11-6-9(3)10(4)15-12(11)7-13(20-15)16(18)19/h6-7H,2,5H2,1,3-4H3,(H,18,19). The number of rotatable bonds is 4. The maximum absolute atomic E-state index is 12.3. The number of carboxylic acids is 1. The molecule has 0 aliphatic heterocycles. The van der Waals surface area contributed by atoms with E-state index in [1.165, 1.54) is 6.07 Å². The van der Waals surface area contributed by atoms with Crippen molar-refractivity contribution < 1.29 is 19.1 Å². The van der Waals surface area contributed by atoms with Gasteiger partial charge in [0.25, 0.3) is 0 Å². The van der Waals surface area contributed by atoms with Gasteiger partial charge in [-0.05, 0) is 43.0 Å². The van der Waals surface area contributed by atoms with Crippen LogP contribution in [0.2, 0.25) is 0 Å². The number of fused-ring (bicyclic) bond motifs is 1. The van der Waals surface area contributed by atoms with Gasteiger partial charge >= 0.3 is 5.97 Å². The molecule has 0 atom stereocenters. The number of aromatic carboxylic acids is 1. The summed E-state index contributed by atoms with van der Waals surface area (Å²) in [6.45, 7) is 9.32. The quantitative estimate of drug-likeness (QED) is 0.677. The number of hydrogen-bond acceptors (Lipinski definition) is 3. The zero-order chi connectivity index (χ0) is 15.0. The summed E-state index contributed by atoms with van der Waals surface area (Å²) in [6.07, 6.45) is 0.552. The Balaban J connectivity index is 2.78. The van der Waals surface area contributed by atoms with Crippen LogP contribution in [0.3, 0.4) is 0 Å². The molecular weight excluding hydrogens is 256 g/mol. The number of Topliss-reactive ketones (excluding diaryl/α,β-unsaturated/α-hetero) is 1. The average Bonchev–Trinajstić information content (AvgIpc) is 2.86. The summed E-state index contributed by atoms with van der Waals surface area (Å²) >= 11 is 0. The largest absolute Gasteiger partial charge is 0.475 e. The van der Waals surface area contributed by atoms with Crippen LogP contribution >= 0.6 is 0 Å². The van der Waals surface area contributed by atoms with Gasteiger partial charge in [-0.1, -0.05) is 13.5 Å². The third kappa shape index (κ3) is 2.13. The molecular formula is C16H16O4. The van der Waals surface area contributed by atoms with Crippen LogP contribution in [0.5, 0.6) is 0 Å². The second-order valence-electron chi connectivity index (χ2n) is 4.81. The topological polar surface area (TPSA) is 67.5 Å². The van der Waals surface area contributed by atoms with Gasteiger partial charge in [-0.25, -0.2) is 4.79 Å². The molecule has 1 N–H and O–H groups in total. The summed E-state index contributed by atoms with van der Waals surface area (Å²) in [4.78, 5) is 23.4. The zero-order valence-corrected chi connectivity index (χ0v) is 11.7. The van der Waals surface area contributed by atoms with Crippen molar-refractivity contribution in [3.8, 4) is 0 Å². The normalized spacial score (nSPS) is 10.8. The van der Waals surface area contributed by atoms with Crippen LogP contribution in [0, 0.1) is 13.8 Å². The summed E-state index contributed by atoms with van der Waals surface area (Å²) in [6, 6.07) is 3.17. The second kappa shape index (κ2) is 4.96. The van der Waals surface area contributed by atoms with Crippen molar-refractivity contribution in [3.63, 3.8) is 0 Å². The Kier molecular flexibility index (Phi) is 3.49. The summed E-state index contributed by atoms with van der Waals surface area (Å²) in [5.41, 5.74) is 3.12. The fourth-order valence-corrected chi connectivity index (χ4v) is 2.10. The minimum Gasteiger partial charge on any atom is -0.475 e. The second-order valence-corrected chi connectivity index (χ2v) is 4.81. The van der Waals surface area contributed by atoms with Crippen LogP contribution in [-0.4, -0.2) is 16.9 Å². The summed E-state index contributed by atoms with van der Waals surface area (Å²) in [7, 11) is 0. The highest BCUT2D eigenvalue weighted by Gasteiger charge is 2.20. The van der Waals surface area contributed by atoms with Crippen molar-refractivity contribution in [2.24, 2.45) is 0 Å². The van der Waals surface area contributed by atoms with Crippen LogP contribution in [0.15, 0.2) is 28.7 Å². The molecule has 0 aliphatic carbocycles. The Hall–Kier alpha value is -2.36. The number of hydrogen-bond donors (Lipinski definition) is 1. The molecule has 1 aromatic heterocycles. The van der Waals surface area contributed by atoms with Gasteiger partial charge in [0.2, 0.25) is 5.76 Å². The third-order valence-corrected chi connectivity index (χ3v) is 3.52. The maximum Gasteiger partial charge on any atom is 0.371 e. The van der Waals surface area contributed by atoms with Crippen LogP contribution in [0.25, 0.3) is 11.0 Å². The molecule has 0 saturated heterocycles. The fraction of sp³-hybridized carbons (Fsp3) is 0.250. The SMILES string of the molecule is C=C(CC)C(=O)c1cc(C)c(C)c2oc(C(=O)O)cc12. The molecule has 2 aromatic rings. The first-order valence-corrected chi connectivity index (χ1v) is 6.36. The van der Waals surface area contributed by atoms with Crippen LogP contribution in [0.4, 0.5) is 0 Å². The minimum atomic E-state index is -1.15. The molecule has 0 unspecified atom stereocenters. The Morgan fingerprint density at radius 2 is 1.95 bits per heavy atom. The van der Waals surface area contributed by atoms with E-state index >= 15 is 0 Å². The van der Waals surface area contributed by atoms with Gasteiger partial charge in [0.1, 0.15) is 5.58 Å². The molecule has 4 heteroatoms.